The van der Waals surface area contributed by atoms with E-state index in [1.165, 1.54) is 16.7 Å². The third kappa shape index (κ3) is 3.82. The van der Waals surface area contributed by atoms with E-state index in [4.69, 9.17) is 5.84 Å². The van der Waals surface area contributed by atoms with E-state index in [0.717, 1.165) is 0 Å². The molecule has 6 nitrogen and oxygen atoms in total. The van der Waals surface area contributed by atoms with Crippen molar-refractivity contribution in [2.75, 3.05) is 12.3 Å². The third-order valence-corrected chi connectivity index (χ3v) is 3.14. The van der Waals surface area contributed by atoms with Crippen LogP contribution >= 0.6 is 11.8 Å². The Morgan fingerprint density at radius 3 is 2.81 bits per heavy atom. The van der Waals surface area contributed by atoms with Crippen LogP contribution in [0.2, 0.25) is 0 Å². The number of nitrogens with zero attached hydrogens (tertiary/aromatic N) is 1. The third-order valence-electron chi connectivity index (χ3n) is 2.26. The van der Waals surface area contributed by atoms with Crippen molar-refractivity contribution in [3.8, 4) is 0 Å². The van der Waals surface area contributed by atoms with Gasteiger partial charge in [-0.05, 0) is 12.8 Å². The molecule has 16 heavy (non-hydrogen) atoms. The minimum atomic E-state index is -0.231. The van der Waals surface area contributed by atoms with Crippen molar-refractivity contribution in [2.24, 2.45) is 5.84 Å². The number of hydrazine groups is 1. The van der Waals surface area contributed by atoms with Crippen molar-refractivity contribution in [1.82, 2.24) is 10.3 Å². The molecule has 0 radical (unpaired) electrons. The summed E-state index contributed by atoms with van der Waals surface area (Å²) in [6.07, 6.45) is 1.98. The summed E-state index contributed by atoms with van der Waals surface area (Å²) >= 11 is 1.17. The molecule has 0 unspecified atom stereocenters. The van der Waals surface area contributed by atoms with Crippen molar-refractivity contribution in [3.05, 3.63) is 0 Å². The molecule has 90 valence electrons. The van der Waals surface area contributed by atoms with Crippen molar-refractivity contribution in [3.63, 3.8) is 0 Å². The van der Waals surface area contributed by atoms with Crippen LogP contribution in [-0.4, -0.2) is 34.3 Å². The fraction of sp³-hybridized carbons (Fsp3) is 0.667. The average Bonchev–Trinajstić information content (AvgIpc) is 2.27. The van der Waals surface area contributed by atoms with Crippen LogP contribution in [0.3, 0.4) is 0 Å². The number of unbranched alkanes of at least 4 members (excludes halogenated alkanes) is 1. The highest BCUT2D eigenvalue weighted by atomic mass is 32.2. The Balaban J connectivity index is 2.23. The first-order chi connectivity index (χ1) is 7.65. The van der Waals surface area contributed by atoms with Crippen LogP contribution in [0.1, 0.15) is 25.7 Å². The maximum absolute atomic E-state index is 11.4. The predicted molar refractivity (Wildman–Crippen MR) is 60.4 cm³/mol. The number of carbonyl (C=O) groups excluding carboxylic acids is 3. The lowest BCUT2D eigenvalue weighted by molar-refractivity contribution is -0.127. The largest absolute Gasteiger partial charge is 0.294 e. The topological polar surface area (TPSA) is 92.5 Å². The molecule has 0 aromatic carbocycles. The summed E-state index contributed by atoms with van der Waals surface area (Å²) < 4.78 is 0. The predicted octanol–water partition coefficient (Wildman–Crippen LogP) is 0.232. The molecule has 1 fully saturated rings. The molecular weight excluding hydrogens is 230 g/mol. The molecule has 0 saturated carbocycles. The zero-order valence-corrected chi connectivity index (χ0v) is 9.72. The minimum absolute atomic E-state index is 0.118. The number of hydrogen-bond acceptors (Lipinski definition) is 5. The maximum Gasteiger partial charge on any atom is 0.288 e. The van der Waals surface area contributed by atoms with Crippen molar-refractivity contribution in [2.45, 2.75) is 25.7 Å². The van der Waals surface area contributed by atoms with Crippen LogP contribution < -0.4 is 11.3 Å². The second-order valence-corrected chi connectivity index (χ2v) is 4.48. The Bertz CT molecular complexity index is 280. The van der Waals surface area contributed by atoms with Gasteiger partial charge in [0.1, 0.15) is 0 Å². The highest BCUT2D eigenvalue weighted by Crippen LogP contribution is 2.18. The zero-order chi connectivity index (χ0) is 12.0. The monoisotopic (exact) mass is 245 g/mol. The molecular formula is C9H15N3O3S. The molecule has 0 aliphatic carbocycles. The van der Waals surface area contributed by atoms with Crippen molar-refractivity contribution >= 4 is 28.8 Å². The zero-order valence-electron chi connectivity index (χ0n) is 8.90. The number of amides is 3. The molecule has 0 bridgehead atoms. The molecule has 0 spiro atoms. The van der Waals surface area contributed by atoms with Gasteiger partial charge in [-0.25, -0.2) is 5.84 Å². The summed E-state index contributed by atoms with van der Waals surface area (Å²) in [5, 5.41) is -0.181. The summed E-state index contributed by atoms with van der Waals surface area (Å²) in [6, 6.07) is 0. The van der Waals surface area contributed by atoms with Crippen LogP contribution in [0, 0.1) is 0 Å². The number of thioether (sulfide) groups is 1. The van der Waals surface area contributed by atoms with E-state index in [1.807, 2.05) is 5.43 Å². The number of nitrogens with two attached hydrogens (primary N) is 1. The Kier molecular flexibility index (Phi) is 5.27. The number of nitrogens with one attached hydrogen (secondary N) is 1. The lowest BCUT2D eigenvalue weighted by Gasteiger charge is -2.23. The van der Waals surface area contributed by atoms with Crippen LogP contribution in [0.25, 0.3) is 0 Å². The standard InChI is InChI=1S/C9H15N3O3S/c10-11-7(13)3-1-2-5-12-8(14)4-6-16-9(12)15/h1-6,10H2,(H,11,13). The number of carbonyl (C=O) groups is 3. The first kappa shape index (κ1) is 13.0. The minimum Gasteiger partial charge on any atom is -0.294 e. The first-order valence-electron chi connectivity index (χ1n) is 5.11. The second-order valence-electron chi connectivity index (χ2n) is 3.43. The highest BCUT2D eigenvalue weighted by Gasteiger charge is 2.25. The van der Waals surface area contributed by atoms with E-state index in [0.29, 0.717) is 38.0 Å². The lowest BCUT2D eigenvalue weighted by atomic mass is 10.2. The molecule has 0 aromatic rings. The molecule has 3 N–H and O–H groups in total. The van der Waals surface area contributed by atoms with Gasteiger partial charge < -0.3 is 0 Å². The van der Waals surface area contributed by atoms with Gasteiger partial charge in [0.05, 0.1) is 0 Å². The fourth-order valence-electron chi connectivity index (χ4n) is 1.38. The van der Waals surface area contributed by atoms with Gasteiger partial charge >= 0.3 is 0 Å². The van der Waals surface area contributed by atoms with Crippen molar-refractivity contribution in [1.29, 1.82) is 0 Å². The molecule has 1 aliphatic rings. The van der Waals surface area contributed by atoms with E-state index < -0.39 is 0 Å². The van der Waals surface area contributed by atoms with E-state index in [2.05, 4.69) is 0 Å². The summed E-state index contributed by atoms with van der Waals surface area (Å²) in [7, 11) is 0. The SMILES string of the molecule is NNC(=O)CCCCN1C(=O)CCSC1=O. The lowest BCUT2D eigenvalue weighted by Crippen LogP contribution is -2.38. The molecule has 1 aliphatic heterocycles. The van der Waals surface area contributed by atoms with Gasteiger partial charge in [-0.1, -0.05) is 11.8 Å². The van der Waals surface area contributed by atoms with Gasteiger partial charge in [0.2, 0.25) is 11.8 Å². The van der Waals surface area contributed by atoms with Gasteiger partial charge in [-0.15, -0.1) is 0 Å². The molecule has 0 atom stereocenters. The van der Waals surface area contributed by atoms with E-state index in [9.17, 15) is 14.4 Å². The van der Waals surface area contributed by atoms with Crippen LogP contribution in [0.5, 0.6) is 0 Å². The highest BCUT2D eigenvalue weighted by molar-refractivity contribution is 8.13. The molecule has 1 heterocycles. The Morgan fingerprint density at radius 2 is 2.19 bits per heavy atom. The van der Waals surface area contributed by atoms with Crippen molar-refractivity contribution < 1.29 is 14.4 Å². The Labute approximate surface area is 97.9 Å². The Morgan fingerprint density at radius 1 is 1.44 bits per heavy atom. The second kappa shape index (κ2) is 6.49. The quantitative estimate of drug-likeness (QED) is 0.313. The number of hydrogen-bond donors (Lipinski definition) is 2. The van der Waals surface area contributed by atoms with E-state index in [-0.39, 0.29) is 17.1 Å². The molecule has 0 aromatic heterocycles. The van der Waals surface area contributed by atoms with Gasteiger partial charge in [-0.2, -0.15) is 0 Å². The van der Waals surface area contributed by atoms with Crippen LogP contribution in [-0.2, 0) is 9.59 Å². The van der Waals surface area contributed by atoms with E-state index in [1.54, 1.807) is 0 Å². The first-order valence-corrected chi connectivity index (χ1v) is 6.10. The molecule has 1 saturated heterocycles. The summed E-state index contributed by atoms with van der Waals surface area (Å²) in [4.78, 5) is 34.8. The molecule has 7 heteroatoms. The van der Waals surface area contributed by atoms with Crippen LogP contribution in [0.4, 0.5) is 4.79 Å². The summed E-state index contributed by atoms with van der Waals surface area (Å²) in [5.74, 6) is 5.14. The smallest absolute Gasteiger partial charge is 0.288 e. The van der Waals surface area contributed by atoms with E-state index >= 15 is 0 Å². The normalized spacial score (nSPS) is 16.4. The van der Waals surface area contributed by atoms with Gasteiger partial charge in [0.25, 0.3) is 5.24 Å². The van der Waals surface area contributed by atoms with Gasteiger partial charge in [0, 0.05) is 25.1 Å². The fourth-order valence-corrected chi connectivity index (χ4v) is 2.18. The molecule has 1 rings (SSSR count). The maximum atomic E-state index is 11.4. The summed E-state index contributed by atoms with van der Waals surface area (Å²) in [5.41, 5.74) is 2.03. The Hall–Kier alpha value is -1.08. The number of rotatable bonds is 5. The van der Waals surface area contributed by atoms with Gasteiger partial charge in [0.15, 0.2) is 0 Å². The number of imide groups is 1. The van der Waals surface area contributed by atoms with Gasteiger partial charge in [-0.3, -0.25) is 24.7 Å². The summed E-state index contributed by atoms with van der Waals surface area (Å²) in [6.45, 7) is 0.391. The molecule has 3 amide bonds. The van der Waals surface area contributed by atoms with Crippen LogP contribution in [0.15, 0.2) is 0 Å². The average molecular weight is 245 g/mol.